The number of hydrogen-bond donors (Lipinski definition) is 2. The maximum absolute atomic E-state index is 13.9. The van der Waals surface area contributed by atoms with E-state index < -0.39 is 29.0 Å². The number of benzene rings is 1. The molecule has 0 spiro atoms. The first-order chi connectivity index (χ1) is 15.1. The monoisotopic (exact) mass is 447 g/mol. The van der Waals surface area contributed by atoms with Crippen LogP contribution in [0.4, 0.5) is 8.78 Å². The van der Waals surface area contributed by atoms with Gasteiger partial charge in [0, 0.05) is 32.2 Å². The fourth-order valence-electron chi connectivity index (χ4n) is 3.96. The zero-order chi connectivity index (χ0) is 23.6. The predicted octanol–water partition coefficient (Wildman–Crippen LogP) is 2.94. The first kappa shape index (κ1) is 23.8. The lowest BCUT2D eigenvalue weighted by Gasteiger charge is -2.29. The van der Waals surface area contributed by atoms with Gasteiger partial charge in [0.25, 0.3) is 5.91 Å². The molecule has 9 heteroatoms. The van der Waals surface area contributed by atoms with Crippen LogP contribution in [0.2, 0.25) is 0 Å². The number of aromatic nitrogens is 2. The van der Waals surface area contributed by atoms with E-state index in [4.69, 9.17) is 0 Å². The summed E-state index contributed by atoms with van der Waals surface area (Å²) < 4.78 is 29.4. The van der Waals surface area contributed by atoms with Gasteiger partial charge in [-0.15, -0.1) is 0 Å². The number of carbonyl (C=O) groups excluding carboxylic acids is 2. The van der Waals surface area contributed by atoms with Gasteiger partial charge < -0.3 is 15.2 Å². The summed E-state index contributed by atoms with van der Waals surface area (Å²) in [4.78, 5) is 32.5. The van der Waals surface area contributed by atoms with Gasteiger partial charge in [-0.2, -0.15) is 0 Å². The Labute approximate surface area is 187 Å². The Morgan fingerprint density at radius 3 is 2.50 bits per heavy atom. The molecule has 1 aromatic carbocycles. The standard InChI is InChI=1S/C23H31F2N5O2/c1-6-29-10-7-11-30-17(13-29)18(21(31)28-19(22(32)26-5)23(2,3)4)27-20(30)14-8-9-15(24)16(25)12-14/h8-9,12,19H,6-7,10-11,13H2,1-5H3,(H,26,32)(H,28,31)/t19-/m1/s1. The fraction of sp³-hybridized carbons (Fsp3) is 0.522. The van der Waals surface area contributed by atoms with Crippen molar-refractivity contribution in [1.82, 2.24) is 25.1 Å². The first-order valence-corrected chi connectivity index (χ1v) is 10.9. The Kier molecular flexibility index (Phi) is 6.97. The normalized spacial score (nSPS) is 15.6. The SMILES string of the molecule is CCN1CCCn2c(-c3ccc(F)c(F)c3)nc(C(=O)N[C@H](C(=O)NC)C(C)(C)C)c2C1. The average molecular weight is 448 g/mol. The van der Waals surface area contributed by atoms with Crippen LogP contribution in [0.15, 0.2) is 18.2 Å². The molecule has 1 aliphatic heterocycles. The summed E-state index contributed by atoms with van der Waals surface area (Å²) in [5.41, 5.74) is 0.771. The quantitative estimate of drug-likeness (QED) is 0.739. The summed E-state index contributed by atoms with van der Waals surface area (Å²) in [5.74, 6) is -2.27. The summed E-state index contributed by atoms with van der Waals surface area (Å²) in [6.45, 7) is 10.4. The van der Waals surface area contributed by atoms with E-state index in [0.717, 1.165) is 31.6 Å². The summed E-state index contributed by atoms with van der Waals surface area (Å²) in [6, 6.07) is 2.85. The van der Waals surface area contributed by atoms with Crippen LogP contribution >= 0.6 is 0 Å². The molecular formula is C23H31F2N5O2. The third-order valence-corrected chi connectivity index (χ3v) is 5.79. The number of rotatable bonds is 5. The van der Waals surface area contributed by atoms with Crippen molar-refractivity contribution in [3.8, 4) is 11.4 Å². The van der Waals surface area contributed by atoms with E-state index in [1.165, 1.54) is 13.1 Å². The molecule has 0 aliphatic carbocycles. The third-order valence-electron chi connectivity index (χ3n) is 5.79. The van der Waals surface area contributed by atoms with Crippen LogP contribution in [0.3, 0.4) is 0 Å². The van der Waals surface area contributed by atoms with Crippen LogP contribution in [0.25, 0.3) is 11.4 Å². The molecule has 1 aliphatic rings. The summed E-state index contributed by atoms with van der Waals surface area (Å²) in [7, 11) is 1.52. The molecule has 1 atom stereocenters. The maximum Gasteiger partial charge on any atom is 0.272 e. The smallest absolute Gasteiger partial charge is 0.272 e. The second-order valence-corrected chi connectivity index (χ2v) is 9.12. The molecule has 174 valence electrons. The minimum Gasteiger partial charge on any atom is -0.357 e. The Balaban J connectivity index is 2.08. The van der Waals surface area contributed by atoms with Crippen molar-refractivity contribution in [2.75, 3.05) is 20.1 Å². The number of halogens is 2. The number of amides is 2. The van der Waals surface area contributed by atoms with Crippen molar-refractivity contribution in [3.05, 3.63) is 41.2 Å². The van der Waals surface area contributed by atoms with E-state index in [9.17, 15) is 18.4 Å². The number of nitrogens with one attached hydrogen (secondary N) is 2. The van der Waals surface area contributed by atoms with Crippen molar-refractivity contribution < 1.29 is 18.4 Å². The number of likely N-dealkylation sites (N-methyl/N-ethyl adjacent to an activating group) is 1. The Hall–Kier alpha value is -2.81. The van der Waals surface area contributed by atoms with Crippen LogP contribution in [-0.2, 0) is 17.9 Å². The van der Waals surface area contributed by atoms with E-state index in [-0.39, 0.29) is 11.6 Å². The molecule has 0 unspecified atom stereocenters. The molecule has 2 amide bonds. The van der Waals surface area contributed by atoms with E-state index in [1.54, 1.807) is 0 Å². The molecular weight excluding hydrogens is 416 g/mol. The van der Waals surface area contributed by atoms with Crippen LogP contribution < -0.4 is 10.6 Å². The fourth-order valence-corrected chi connectivity index (χ4v) is 3.96. The molecule has 0 bridgehead atoms. The summed E-state index contributed by atoms with van der Waals surface area (Å²) >= 11 is 0. The van der Waals surface area contributed by atoms with Crippen LogP contribution in [0.1, 0.15) is 50.3 Å². The van der Waals surface area contributed by atoms with E-state index >= 15 is 0 Å². The minimum absolute atomic E-state index is 0.197. The number of carbonyl (C=O) groups is 2. The van der Waals surface area contributed by atoms with Crippen molar-refractivity contribution >= 4 is 11.8 Å². The Morgan fingerprint density at radius 2 is 1.91 bits per heavy atom. The summed E-state index contributed by atoms with van der Waals surface area (Å²) in [6.07, 6.45) is 0.831. The van der Waals surface area contributed by atoms with E-state index in [2.05, 4.69) is 20.5 Å². The van der Waals surface area contributed by atoms with Crippen molar-refractivity contribution in [3.63, 3.8) is 0 Å². The molecule has 0 saturated heterocycles. The van der Waals surface area contributed by atoms with Gasteiger partial charge in [0.1, 0.15) is 11.9 Å². The molecule has 2 N–H and O–H groups in total. The Bertz CT molecular complexity index is 1010. The Morgan fingerprint density at radius 1 is 1.19 bits per heavy atom. The van der Waals surface area contributed by atoms with Gasteiger partial charge in [-0.05, 0) is 36.6 Å². The molecule has 0 radical (unpaired) electrons. The highest BCUT2D eigenvalue weighted by atomic mass is 19.2. The topological polar surface area (TPSA) is 79.3 Å². The largest absolute Gasteiger partial charge is 0.357 e. The molecule has 32 heavy (non-hydrogen) atoms. The van der Waals surface area contributed by atoms with Crippen LogP contribution in [-0.4, -0.2) is 52.4 Å². The highest BCUT2D eigenvalue weighted by molar-refractivity contribution is 5.97. The molecule has 2 aromatic rings. The second kappa shape index (κ2) is 9.36. The summed E-state index contributed by atoms with van der Waals surface area (Å²) in [5, 5.41) is 5.43. The van der Waals surface area contributed by atoms with Gasteiger partial charge in [-0.3, -0.25) is 14.5 Å². The van der Waals surface area contributed by atoms with E-state index in [0.29, 0.717) is 30.2 Å². The van der Waals surface area contributed by atoms with Crippen molar-refractivity contribution in [2.24, 2.45) is 5.41 Å². The lowest BCUT2D eigenvalue weighted by molar-refractivity contribution is -0.124. The average Bonchev–Trinajstić information content (AvgIpc) is 2.95. The molecule has 3 rings (SSSR count). The molecule has 0 saturated carbocycles. The molecule has 1 aromatic heterocycles. The lowest BCUT2D eigenvalue weighted by atomic mass is 9.86. The first-order valence-electron chi connectivity index (χ1n) is 10.9. The highest BCUT2D eigenvalue weighted by Crippen LogP contribution is 2.28. The van der Waals surface area contributed by atoms with Crippen molar-refractivity contribution in [2.45, 2.75) is 53.2 Å². The number of hydrogen-bond acceptors (Lipinski definition) is 4. The zero-order valence-corrected chi connectivity index (χ0v) is 19.3. The van der Waals surface area contributed by atoms with Crippen molar-refractivity contribution in [1.29, 1.82) is 0 Å². The van der Waals surface area contributed by atoms with Gasteiger partial charge in [0.2, 0.25) is 5.91 Å². The molecule has 0 fully saturated rings. The zero-order valence-electron chi connectivity index (χ0n) is 19.3. The number of imidazole rings is 1. The molecule has 7 nitrogen and oxygen atoms in total. The lowest BCUT2D eigenvalue weighted by Crippen LogP contribution is -2.53. The number of fused-ring (bicyclic) bond motifs is 1. The minimum atomic E-state index is -0.970. The van der Waals surface area contributed by atoms with Gasteiger partial charge in [0.15, 0.2) is 17.3 Å². The number of nitrogens with zero attached hydrogens (tertiary/aromatic N) is 3. The van der Waals surface area contributed by atoms with Crippen LogP contribution in [0.5, 0.6) is 0 Å². The predicted molar refractivity (Wildman–Crippen MR) is 118 cm³/mol. The molecule has 2 heterocycles. The van der Waals surface area contributed by atoms with E-state index in [1.807, 2.05) is 32.3 Å². The second-order valence-electron chi connectivity index (χ2n) is 9.12. The highest BCUT2D eigenvalue weighted by Gasteiger charge is 2.34. The van der Waals surface area contributed by atoms with Crippen LogP contribution in [0, 0.1) is 17.0 Å². The van der Waals surface area contributed by atoms with Gasteiger partial charge in [-0.1, -0.05) is 27.7 Å². The third kappa shape index (κ3) is 4.82. The van der Waals surface area contributed by atoms with Gasteiger partial charge in [0.05, 0.1) is 5.69 Å². The maximum atomic E-state index is 13.9. The van der Waals surface area contributed by atoms with Gasteiger partial charge in [-0.25, -0.2) is 13.8 Å². The van der Waals surface area contributed by atoms with Gasteiger partial charge >= 0.3 is 0 Å².